The first-order valence-corrected chi connectivity index (χ1v) is 5.15. The van der Waals surface area contributed by atoms with Crippen LogP contribution in [0, 0.1) is 5.92 Å². The van der Waals surface area contributed by atoms with E-state index in [0.717, 1.165) is 25.7 Å². The third kappa shape index (κ3) is 3.35. The third-order valence-electron chi connectivity index (χ3n) is 2.61. The number of carbonyl (C=O) groups excluding carboxylic acids is 1. The molecule has 0 bridgehead atoms. The average molecular weight is 185 g/mol. The van der Waals surface area contributed by atoms with E-state index in [4.69, 9.17) is 10.5 Å². The summed E-state index contributed by atoms with van der Waals surface area (Å²) in [7, 11) is 0. The molecule has 0 saturated heterocycles. The van der Waals surface area contributed by atoms with Gasteiger partial charge in [0.05, 0.1) is 6.61 Å². The zero-order chi connectivity index (χ0) is 9.68. The van der Waals surface area contributed by atoms with Crippen molar-refractivity contribution in [2.24, 2.45) is 11.7 Å². The van der Waals surface area contributed by atoms with E-state index in [1.54, 1.807) is 0 Å². The SMILES string of the molecule is CCCOC(=O)CC1CCCC1N. The summed E-state index contributed by atoms with van der Waals surface area (Å²) in [6.07, 6.45) is 4.71. The van der Waals surface area contributed by atoms with Gasteiger partial charge in [0.15, 0.2) is 0 Å². The number of esters is 1. The molecule has 1 aliphatic carbocycles. The predicted octanol–water partition coefficient (Wildman–Crippen LogP) is 1.46. The van der Waals surface area contributed by atoms with E-state index >= 15 is 0 Å². The molecule has 3 nitrogen and oxygen atoms in total. The predicted molar refractivity (Wildman–Crippen MR) is 51.2 cm³/mol. The first-order chi connectivity index (χ1) is 6.24. The molecule has 2 atom stereocenters. The Morgan fingerprint density at radius 3 is 2.85 bits per heavy atom. The second kappa shape index (κ2) is 5.22. The topological polar surface area (TPSA) is 52.3 Å². The Hall–Kier alpha value is -0.570. The molecule has 2 unspecified atom stereocenters. The molecular formula is C10H19NO2. The lowest BCUT2D eigenvalue weighted by atomic mass is 10.0. The van der Waals surface area contributed by atoms with Crippen molar-refractivity contribution in [1.82, 2.24) is 0 Å². The third-order valence-corrected chi connectivity index (χ3v) is 2.61. The molecule has 13 heavy (non-hydrogen) atoms. The first kappa shape index (κ1) is 10.5. The molecule has 3 heteroatoms. The summed E-state index contributed by atoms with van der Waals surface area (Å²) in [6, 6.07) is 0.217. The Morgan fingerprint density at radius 1 is 1.54 bits per heavy atom. The van der Waals surface area contributed by atoms with E-state index in [1.807, 2.05) is 6.92 Å². The molecule has 1 rings (SSSR count). The van der Waals surface area contributed by atoms with Crippen LogP contribution in [0.2, 0.25) is 0 Å². The van der Waals surface area contributed by atoms with E-state index in [1.165, 1.54) is 0 Å². The molecule has 0 spiro atoms. The van der Waals surface area contributed by atoms with Gasteiger partial charge in [-0.15, -0.1) is 0 Å². The molecule has 0 amide bonds. The van der Waals surface area contributed by atoms with Gasteiger partial charge < -0.3 is 10.5 Å². The van der Waals surface area contributed by atoms with Gasteiger partial charge in [0, 0.05) is 12.5 Å². The number of rotatable bonds is 4. The zero-order valence-electron chi connectivity index (χ0n) is 8.29. The van der Waals surface area contributed by atoms with Crippen LogP contribution in [-0.4, -0.2) is 18.6 Å². The van der Waals surface area contributed by atoms with Crippen molar-refractivity contribution in [2.75, 3.05) is 6.61 Å². The van der Waals surface area contributed by atoms with Crippen LogP contribution in [0.5, 0.6) is 0 Å². The van der Waals surface area contributed by atoms with E-state index in [-0.39, 0.29) is 12.0 Å². The van der Waals surface area contributed by atoms with E-state index in [0.29, 0.717) is 18.9 Å². The summed E-state index contributed by atoms with van der Waals surface area (Å²) in [6.45, 7) is 2.54. The number of carbonyl (C=O) groups is 1. The van der Waals surface area contributed by atoms with Crippen molar-refractivity contribution in [3.8, 4) is 0 Å². The molecular weight excluding hydrogens is 166 g/mol. The van der Waals surface area contributed by atoms with Crippen LogP contribution in [0.15, 0.2) is 0 Å². The maximum Gasteiger partial charge on any atom is 0.306 e. The summed E-state index contributed by atoms with van der Waals surface area (Å²) in [5.74, 6) is 0.286. The fourth-order valence-electron chi connectivity index (χ4n) is 1.81. The van der Waals surface area contributed by atoms with E-state index < -0.39 is 0 Å². The summed E-state index contributed by atoms with van der Waals surface area (Å²) in [5, 5.41) is 0. The molecule has 0 radical (unpaired) electrons. The smallest absolute Gasteiger partial charge is 0.306 e. The minimum atomic E-state index is -0.0794. The van der Waals surface area contributed by atoms with Gasteiger partial charge in [-0.3, -0.25) is 4.79 Å². The zero-order valence-corrected chi connectivity index (χ0v) is 8.29. The highest BCUT2D eigenvalue weighted by Crippen LogP contribution is 2.26. The maximum atomic E-state index is 11.2. The van der Waals surface area contributed by atoms with Crippen molar-refractivity contribution >= 4 is 5.97 Å². The van der Waals surface area contributed by atoms with Gasteiger partial charge in [-0.25, -0.2) is 0 Å². The Balaban J connectivity index is 2.19. The number of nitrogens with two attached hydrogens (primary N) is 1. The number of hydrogen-bond donors (Lipinski definition) is 1. The van der Waals surface area contributed by atoms with Gasteiger partial charge in [0.25, 0.3) is 0 Å². The van der Waals surface area contributed by atoms with Crippen molar-refractivity contribution < 1.29 is 9.53 Å². The molecule has 0 aromatic carbocycles. The summed E-state index contributed by atoms with van der Waals surface area (Å²) >= 11 is 0. The van der Waals surface area contributed by atoms with E-state index in [2.05, 4.69) is 0 Å². The molecule has 76 valence electrons. The van der Waals surface area contributed by atoms with Crippen LogP contribution in [0.3, 0.4) is 0 Å². The Morgan fingerprint density at radius 2 is 2.31 bits per heavy atom. The van der Waals surface area contributed by atoms with Crippen LogP contribution in [-0.2, 0) is 9.53 Å². The molecule has 1 fully saturated rings. The molecule has 2 N–H and O–H groups in total. The van der Waals surface area contributed by atoms with Gasteiger partial charge >= 0.3 is 5.97 Å². The molecule has 0 aromatic rings. The first-order valence-electron chi connectivity index (χ1n) is 5.15. The van der Waals surface area contributed by atoms with Crippen LogP contribution in [0.1, 0.15) is 39.0 Å². The largest absolute Gasteiger partial charge is 0.466 e. The Bertz CT molecular complexity index is 170. The van der Waals surface area contributed by atoms with Crippen LogP contribution >= 0.6 is 0 Å². The molecule has 0 heterocycles. The average Bonchev–Trinajstić information content (AvgIpc) is 2.48. The highest BCUT2D eigenvalue weighted by Gasteiger charge is 2.26. The van der Waals surface area contributed by atoms with Crippen LogP contribution < -0.4 is 5.73 Å². The second-order valence-corrected chi connectivity index (χ2v) is 3.78. The number of hydrogen-bond acceptors (Lipinski definition) is 3. The van der Waals surface area contributed by atoms with Crippen molar-refractivity contribution in [3.63, 3.8) is 0 Å². The van der Waals surface area contributed by atoms with Crippen molar-refractivity contribution in [2.45, 2.75) is 45.1 Å². The fraction of sp³-hybridized carbons (Fsp3) is 0.900. The monoisotopic (exact) mass is 185 g/mol. The van der Waals surface area contributed by atoms with Crippen molar-refractivity contribution in [3.05, 3.63) is 0 Å². The fourth-order valence-corrected chi connectivity index (χ4v) is 1.81. The van der Waals surface area contributed by atoms with E-state index in [9.17, 15) is 4.79 Å². The Labute approximate surface area is 79.6 Å². The minimum Gasteiger partial charge on any atom is -0.466 e. The van der Waals surface area contributed by atoms with Gasteiger partial charge in [-0.1, -0.05) is 13.3 Å². The van der Waals surface area contributed by atoms with Crippen molar-refractivity contribution in [1.29, 1.82) is 0 Å². The second-order valence-electron chi connectivity index (χ2n) is 3.78. The maximum absolute atomic E-state index is 11.2. The summed E-state index contributed by atoms with van der Waals surface area (Å²) in [5.41, 5.74) is 5.85. The highest BCUT2D eigenvalue weighted by molar-refractivity contribution is 5.69. The minimum absolute atomic E-state index is 0.0794. The number of ether oxygens (including phenoxy) is 1. The molecule has 0 aliphatic heterocycles. The van der Waals surface area contributed by atoms with Gasteiger partial charge in [-0.2, -0.15) is 0 Å². The quantitative estimate of drug-likeness (QED) is 0.674. The lowest BCUT2D eigenvalue weighted by molar-refractivity contribution is -0.144. The molecule has 1 aliphatic rings. The summed E-state index contributed by atoms with van der Waals surface area (Å²) in [4.78, 5) is 11.2. The summed E-state index contributed by atoms with van der Waals surface area (Å²) < 4.78 is 5.01. The van der Waals surface area contributed by atoms with Gasteiger partial charge in [0.1, 0.15) is 0 Å². The Kier molecular flexibility index (Phi) is 4.22. The molecule has 1 saturated carbocycles. The normalized spacial score (nSPS) is 27.5. The lowest BCUT2D eigenvalue weighted by Gasteiger charge is -2.13. The molecule has 0 aromatic heterocycles. The van der Waals surface area contributed by atoms with Crippen LogP contribution in [0.4, 0.5) is 0 Å². The standard InChI is InChI=1S/C10H19NO2/c1-2-6-13-10(12)7-8-4-3-5-9(8)11/h8-9H,2-7,11H2,1H3. The highest BCUT2D eigenvalue weighted by atomic mass is 16.5. The van der Waals surface area contributed by atoms with Gasteiger partial charge in [0.2, 0.25) is 0 Å². The van der Waals surface area contributed by atoms with Crippen LogP contribution in [0.25, 0.3) is 0 Å². The van der Waals surface area contributed by atoms with Gasteiger partial charge in [-0.05, 0) is 25.2 Å². The lowest BCUT2D eigenvalue weighted by Crippen LogP contribution is -2.27.